The first-order valence-electron chi connectivity index (χ1n) is 10.2. The SMILES string of the molecule is CC(C)CCCCCCCCCCN=C(N)NC1CCCCC1. The summed E-state index contributed by atoms with van der Waals surface area (Å²) in [5.74, 6) is 1.54. The van der Waals surface area contributed by atoms with Gasteiger partial charge in [-0.1, -0.05) is 84.5 Å². The van der Waals surface area contributed by atoms with Gasteiger partial charge < -0.3 is 11.1 Å². The first-order valence-corrected chi connectivity index (χ1v) is 10.2. The maximum absolute atomic E-state index is 5.97. The molecule has 23 heavy (non-hydrogen) atoms. The third-order valence-electron chi connectivity index (χ3n) is 4.93. The highest BCUT2D eigenvalue weighted by molar-refractivity contribution is 5.78. The van der Waals surface area contributed by atoms with Crippen molar-refractivity contribution in [3.8, 4) is 0 Å². The van der Waals surface area contributed by atoms with E-state index in [1.165, 1.54) is 89.9 Å². The van der Waals surface area contributed by atoms with E-state index in [1.807, 2.05) is 0 Å². The molecule has 1 aliphatic rings. The van der Waals surface area contributed by atoms with Crippen LogP contribution >= 0.6 is 0 Å². The smallest absolute Gasteiger partial charge is 0.188 e. The fourth-order valence-corrected chi connectivity index (χ4v) is 3.43. The van der Waals surface area contributed by atoms with Crippen LogP contribution in [0.4, 0.5) is 0 Å². The van der Waals surface area contributed by atoms with Gasteiger partial charge in [-0.05, 0) is 25.2 Å². The van der Waals surface area contributed by atoms with E-state index in [2.05, 4.69) is 24.2 Å². The quantitative estimate of drug-likeness (QED) is 0.287. The van der Waals surface area contributed by atoms with Gasteiger partial charge in [-0.15, -0.1) is 0 Å². The third kappa shape index (κ3) is 12.4. The average molecular weight is 324 g/mol. The maximum atomic E-state index is 5.97. The first-order chi connectivity index (χ1) is 11.2. The summed E-state index contributed by atoms with van der Waals surface area (Å²) in [5.41, 5.74) is 5.97. The average Bonchev–Trinajstić information content (AvgIpc) is 2.53. The monoisotopic (exact) mass is 323 g/mol. The number of unbranched alkanes of at least 4 members (excludes halogenated alkanes) is 7. The van der Waals surface area contributed by atoms with Crippen molar-refractivity contribution in [3.63, 3.8) is 0 Å². The summed E-state index contributed by atoms with van der Waals surface area (Å²) in [6.07, 6.45) is 18.9. The van der Waals surface area contributed by atoms with Crippen molar-refractivity contribution in [2.24, 2.45) is 16.6 Å². The van der Waals surface area contributed by atoms with Gasteiger partial charge >= 0.3 is 0 Å². The summed E-state index contributed by atoms with van der Waals surface area (Å²) < 4.78 is 0. The van der Waals surface area contributed by atoms with Crippen LogP contribution in [0, 0.1) is 5.92 Å². The summed E-state index contributed by atoms with van der Waals surface area (Å²) in [7, 11) is 0. The van der Waals surface area contributed by atoms with Crippen LogP contribution in [0.5, 0.6) is 0 Å². The fraction of sp³-hybridized carbons (Fsp3) is 0.950. The zero-order chi connectivity index (χ0) is 16.8. The fourth-order valence-electron chi connectivity index (χ4n) is 3.43. The van der Waals surface area contributed by atoms with Gasteiger partial charge in [-0.2, -0.15) is 0 Å². The van der Waals surface area contributed by atoms with Crippen LogP contribution < -0.4 is 11.1 Å². The van der Waals surface area contributed by atoms with Crippen molar-refractivity contribution >= 4 is 5.96 Å². The summed E-state index contributed by atoms with van der Waals surface area (Å²) in [4.78, 5) is 4.48. The number of hydrogen-bond donors (Lipinski definition) is 2. The molecule has 0 amide bonds. The van der Waals surface area contributed by atoms with E-state index in [4.69, 9.17) is 5.73 Å². The van der Waals surface area contributed by atoms with Crippen LogP contribution in [0.25, 0.3) is 0 Å². The number of rotatable bonds is 12. The Kier molecular flexibility index (Phi) is 12.1. The first kappa shape index (κ1) is 20.3. The van der Waals surface area contributed by atoms with Gasteiger partial charge in [-0.25, -0.2) is 0 Å². The molecule has 0 radical (unpaired) electrons. The Morgan fingerprint density at radius 2 is 1.48 bits per heavy atom. The zero-order valence-electron chi connectivity index (χ0n) is 15.8. The molecule has 0 bridgehead atoms. The van der Waals surface area contributed by atoms with Gasteiger partial charge in [0.1, 0.15) is 0 Å². The summed E-state index contributed by atoms with van der Waals surface area (Å²) in [5, 5.41) is 3.39. The third-order valence-corrected chi connectivity index (χ3v) is 4.93. The minimum Gasteiger partial charge on any atom is -0.370 e. The Balaban J connectivity index is 1.85. The zero-order valence-corrected chi connectivity index (χ0v) is 15.8. The highest BCUT2D eigenvalue weighted by Gasteiger charge is 2.12. The largest absolute Gasteiger partial charge is 0.370 e. The lowest BCUT2D eigenvalue weighted by Gasteiger charge is -2.23. The van der Waals surface area contributed by atoms with Crippen molar-refractivity contribution in [2.75, 3.05) is 6.54 Å². The molecule has 0 aromatic rings. The topological polar surface area (TPSA) is 50.4 Å². The molecule has 1 rings (SSSR count). The Labute approximate surface area is 144 Å². The molecule has 0 aliphatic heterocycles. The summed E-state index contributed by atoms with van der Waals surface area (Å²) in [6.45, 7) is 5.53. The van der Waals surface area contributed by atoms with Crippen LogP contribution in [0.1, 0.15) is 104 Å². The second-order valence-electron chi connectivity index (χ2n) is 7.76. The van der Waals surface area contributed by atoms with Crippen LogP contribution in [0.3, 0.4) is 0 Å². The standard InChI is InChI=1S/C20H41N3/c1-18(2)14-10-7-5-3-4-6-8-13-17-22-20(21)23-19-15-11-9-12-16-19/h18-19H,3-17H2,1-2H3,(H3,21,22,23). The summed E-state index contributed by atoms with van der Waals surface area (Å²) in [6, 6.07) is 0.572. The van der Waals surface area contributed by atoms with Crippen LogP contribution in [0.2, 0.25) is 0 Å². The van der Waals surface area contributed by atoms with E-state index in [-0.39, 0.29) is 0 Å². The number of guanidine groups is 1. The lowest BCUT2D eigenvalue weighted by molar-refractivity contribution is 0.412. The van der Waals surface area contributed by atoms with Crippen molar-refractivity contribution in [1.82, 2.24) is 5.32 Å². The molecule has 136 valence electrons. The minimum absolute atomic E-state index is 0.572. The number of nitrogens with zero attached hydrogens (tertiary/aromatic N) is 1. The van der Waals surface area contributed by atoms with E-state index in [1.54, 1.807) is 0 Å². The molecule has 0 unspecified atom stereocenters. The van der Waals surface area contributed by atoms with Crippen molar-refractivity contribution in [1.29, 1.82) is 0 Å². The van der Waals surface area contributed by atoms with Gasteiger partial charge in [0.15, 0.2) is 5.96 Å². The second kappa shape index (κ2) is 13.7. The normalized spacial score (nSPS) is 16.9. The van der Waals surface area contributed by atoms with Gasteiger partial charge in [0.25, 0.3) is 0 Å². The molecular weight excluding hydrogens is 282 g/mol. The van der Waals surface area contributed by atoms with E-state index < -0.39 is 0 Å². The van der Waals surface area contributed by atoms with Crippen molar-refractivity contribution in [3.05, 3.63) is 0 Å². The molecule has 3 heteroatoms. The number of nitrogens with one attached hydrogen (secondary N) is 1. The predicted octanol–water partition coefficient (Wildman–Crippen LogP) is 5.39. The van der Waals surface area contributed by atoms with Crippen LogP contribution in [-0.2, 0) is 0 Å². The molecule has 0 heterocycles. The van der Waals surface area contributed by atoms with Gasteiger partial charge in [0, 0.05) is 12.6 Å². The summed E-state index contributed by atoms with van der Waals surface area (Å²) >= 11 is 0. The molecule has 0 aromatic carbocycles. The molecule has 0 aromatic heterocycles. The Morgan fingerprint density at radius 1 is 0.913 bits per heavy atom. The maximum Gasteiger partial charge on any atom is 0.188 e. The minimum atomic E-state index is 0.572. The highest BCUT2D eigenvalue weighted by Crippen LogP contribution is 2.17. The van der Waals surface area contributed by atoms with E-state index in [9.17, 15) is 0 Å². The van der Waals surface area contributed by atoms with Crippen molar-refractivity contribution < 1.29 is 0 Å². The lowest BCUT2D eigenvalue weighted by Crippen LogP contribution is -2.41. The molecule has 1 aliphatic carbocycles. The Morgan fingerprint density at radius 3 is 2.09 bits per heavy atom. The molecule has 0 atom stereocenters. The van der Waals surface area contributed by atoms with Gasteiger partial charge in [-0.3, -0.25) is 4.99 Å². The van der Waals surface area contributed by atoms with Gasteiger partial charge in [0.2, 0.25) is 0 Å². The molecule has 3 N–H and O–H groups in total. The lowest BCUT2D eigenvalue weighted by atomic mass is 9.96. The van der Waals surface area contributed by atoms with Crippen LogP contribution in [-0.4, -0.2) is 18.5 Å². The molecular formula is C20H41N3. The molecule has 0 saturated heterocycles. The van der Waals surface area contributed by atoms with Crippen LogP contribution in [0.15, 0.2) is 4.99 Å². The molecule has 1 fully saturated rings. The Hall–Kier alpha value is -0.730. The van der Waals surface area contributed by atoms with E-state index in [0.29, 0.717) is 12.0 Å². The highest BCUT2D eigenvalue weighted by atomic mass is 15.1. The number of aliphatic imine (C=N–C) groups is 1. The predicted molar refractivity (Wildman–Crippen MR) is 103 cm³/mol. The number of nitrogens with two attached hydrogens (primary N) is 1. The van der Waals surface area contributed by atoms with E-state index >= 15 is 0 Å². The molecule has 1 saturated carbocycles. The Bertz CT molecular complexity index is 293. The van der Waals surface area contributed by atoms with E-state index in [0.717, 1.165) is 12.5 Å². The second-order valence-corrected chi connectivity index (χ2v) is 7.76. The van der Waals surface area contributed by atoms with Gasteiger partial charge in [0.05, 0.1) is 0 Å². The van der Waals surface area contributed by atoms with Crippen molar-refractivity contribution in [2.45, 2.75) is 110 Å². The molecule has 3 nitrogen and oxygen atoms in total. The molecule has 0 spiro atoms. The number of hydrogen-bond acceptors (Lipinski definition) is 1.